The van der Waals surface area contributed by atoms with E-state index < -0.39 is 0 Å². The van der Waals surface area contributed by atoms with Gasteiger partial charge in [-0.2, -0.15) is 0 Å². The van der Waals surface area contributed by atoms with Crippen LogP contribution in [0.2, 0.25) is 0 Å². The largest absolute Gasteiger partial charge is 0.456 e. The molecule has 0 aliphatic carbocycles. The number of aryl methyl sites for hydroxylation is 2. The Morgan fingerprint density at radius 1 is 1.15 bits per heavy atom. The summed E-state index contributed by atoms with van der Waals surface area (Å²) < 4.78 is 18.8. The molecule has 2 aromatic rings. The molecular formula is C15H15FN2O2. The van der Waals surface area contributed by atoms with Crippen molar-refractivity contribution in [3.8, 4) is 11.5 Å². The van der Waals surface area contributed by atoms with Crippen LogP contribution in [0.5, 0.6) is 11.5 Å². The first-order valence-corrected chi connectivity index (χ1v) is 6.04. The van der Waals surface area contributed by atoms with E-state index in [1.807, 2.05) is 13.0 Å². The number of amidine groups is 1. The normalized spacial score (nSPS) is 11.4. The molecule has 0 aliphatic heterocycles. The van der Waals surface area contributed by atoms with E-state index in [1.165, 1.54) is 12.1 Å². The quantitative estimate of drug-likeness (QED) is 0.390. The molecule has 0 heterocycles. The van der Waals surface area contributed by atoms with Gasteiger partial charge in [-0.3, -0.25) is 0 Å². The van der Waals surface area contributed by atoms with Crippen LogP contribution >= 0.6 is 0 Å². The molecule has 0 spiro atoms. The average Bonchev–Trinajstić information content (AvgIpc) is 2.41. The third kappa shape index (κ3) is 2.88. The fraction of sp³-hybridized carbons (Fsp3) is 0.133. The summed E-state index contributed by atoms with van der Waals surface area (Å²) in [7, 11) is 0. The van der Waals surface area contributed by atoms with Crippen molar-refractivity contribution >= 4 is 5.84 Å². The molecule has 2 rings (SSSR count). The predicted molar refractivity (Wildman–Crippen MR) is 74.9 cm³/mol. The van der Waals surface area contributed by atoms with Crippen LogP contribution in [0.3, 0.4) is 0 Å². The van der Waals surface area contributed by atoms with Crippen molar-refractivity contribution in [2.24, 2.45) is 10.9 Å². The molecule has 0 aliphatic rings. The highest BCUT2D eigenvalue weighted by molar-refractivity contribution is 5.99. The van der Waals surface area contributed by atoms with Crippen molar-refractivity contribution < 1.29 is 14.3 Å². The molecular weight excluding hydrogens is 259 g/mol. The zero-order valence-corrected chi connectivity index (χ0v) is 11.2. The van der Waals surface area contributed by atoms with Crippen molar-refractivity contribution in [2.75, 3.05) is 0 Å². The average molecular weight is 274 g/mol. The van der Waals surface area contributed by atoms with Gasteiger partial charge >= 0.3 is 0 Å². The second-order valence-electron chi connectivity index (χ2n) is 4.50. The van der Waals surface area contributed by atoms with Gasteiger partial charge in [-0.15, -0.1) is 0 Å². The number of hydrogen-bond donors (Lipinski definition) is 2. The molecule has 104 valence electrons. The number of ether oxygens (including phenoxy) is 1. The molecule has 4 nitrogen and oxygen atoms in total. The van der Waals surface area contributed by atoms with Crippen molar-refractivity contribution in [1.29, 1.82) is 0 Å². The third-order valence-corrected chi connectivity index (χ3v) is 2.88. The van der Waals surface area contributed by atoms with Gasteiger partial charge in [0.2, 0.25) is 0 Å². The summed E-state index contributed by atoms with van der Waals surface area (Å²) in [6.45, 7) is 3.65. The van der Waals surface area contributed by atoms with Gasteiger partial charge in [-0.1, -0.05) is 11.2 Å². The molecule has 0 amide bonds. The van der Waals surface area contributed by atoms with Crippen LogP contribution in [-0.4, -0.2) is 11.0 Å². The summed E-state index contributed by atoms with van der Waals surface area (Å²) in [5, 5.41) is 11.8. The van der Waals surface area contributed by atoms with Crippen LogP contribution in [-0.2, 0) is 0 Å². The standard InChI is InChI=1S/C15H15FN2O2/c1-9-3-5-12(15(17)18-19)14(7-9)20-13-6-4-11(16)8-10(13)2/h3-8,19H,1-2H3,(H2,17,18). The molecule has 0 bridgehead atoms. The van der Waals surface area contributed by atoms with Crippen molar-refractivity contribution in [3.05, 3.63) is 58.9 Å². The Hall–Kier alpha value is -2.56. The van der Waals surface area contributed by atoms with Gasteiger partial charge in [0.25, 0.3) is 0 Å². The Balaban J connectivity index is 2.44. The van der Waals surface area contributed by atoms with Crippen LogP contribution in [0.25, 0.3) is 0 Å². The molecule has 0 saturated carbocycles. The molecule has 0 saturated heterocycles. The summed E-state index contributed by atoms with van der Waals surface area (Å²) in [6, 6.07) is 9.56. The monoisotopic (exact) mass is 274 g/mol. The van der Waals surface area contributed by atoms with Crippen LogP contribution in [0.15, 0.2) is 41.6 Å². The maximum absolute atomic E-state index is 13.1. The van der Waals surface area contributed by atoms with Gasteiger partial charge in [-0.05, 0) is 55.3 Å². The first-order chi connectivity index (χ1) is 9.51. The zero-order valence-electron chi connectivity index (χ0n) is 11.2. The Bertz CT molecular complexity index is 669. The number of rotatable bonds is 3. The second kappa shape index (κ2) is 5.61. The van der Waals surface area contributed by atoms with Crippen LogP contribution in [0.4, 0.5) is 4.39 Å². The Morgan fingerprint density at radius 3 is 2.55 bits per heavy atom. The number of hydrogen-bond acceptors (Lipinski definition) is 3. The minimum atomic E-state index is -0.323. The SMILES string of the molecule is Cc1ccc(/C(N)=N/O)c(Oc2ccc(F)cc2C)c1. The van der Waals surface area contributed by atoms with Crippen LogP contribution < -0.4 is 10.5 Å². The molecule has 2 aromatic carbocycles. The number of nitrogens with two attached hydrogens (primary N) is 1. The molecule has 5 heteroatoms. The topological polar surface area (TPSA) is 67.8 Å². The highest BCUT2D eigenvalue weighted by Crippen LogP contribution is 2.29. The predicted octanol–water partition coefficient (Wildman–Crippen LogP) is 3.33. The maximum Gasteiger partial charge on any atom is 0.173 e. The Morgan fingerprint density at radius 2 is 1.90 bits per heavy atom. The highest BCUT2D eigenvalue weighted by atomic mass is 19.1. The van der Waals surface area contributed by atoms with Crippen LogP contribution in [0.1, 0.15) is 16.7 Å². The van der Waals surface area contributed by atoms with Gasteiger partial charge in [-0.25, -0.2) is 4.39 Å². The molecule has 0 atom stereocenters. The number of benzene rings is 2. The number of nitrogens with zero attached hydrogens (tertiary/aromatic N) is 1. The van der Waals surface area contributed by atoms with Gasteiger partial charge in [0, 0.05) is 0 Å². The van der Waals surface area contributed by atoms with Crippen molar-refractivity contribution in [2.45, 2.75) is 13.8 Å². The minimum Gasteiger partial charge on any atom is -0.456 e. The Kier molecular flexibility index (Phi) is 3.89. The molecule has 0 radical (unpaired) electrons. The molecule has 20 heavy (non-hydrogen) atoms. The van der Waals surface area contributed by atoms with E-state index in [4.69, 9.17) is 15.7 Å². The summed E-state index contributed by atoms with van der Waals surface area (Å²) in [5.41, 5.74) is 7.73. The highest BCUT2D eigenvalue weighted by Gasteiger charge is 2.11. The first kappa shape index (κ1) is 13.9. The molecule has 3 N–H and O–H groups in total. The number of halogens is 1. The van der Waals surface area contributed by atoms with Gasteiger partial charge < -0.3 is 15.7 Å². The van der Waals surface area contributed by atoms with E-state index in [2.05, 4.69) is 5.16 Å². The van der Waals surface area contributed by atoms with E-state index >= 15 is 0 Å². The lowest BCUT2D eigenvalue weighted by Crippen LogP contribution is -2.14. The van der Waals surface area contributed by atoms with Crippen LogP contribution in [0, 0.1) is 19.7 Å². The maximum atomic E-state index is 13.1. The minimum absolute atomic E-state index is 0.0419. The van der Waals surface area contributed by atoms with E-state index in [1.54, 1.807) is 25.1 Å². The summed E-state index contributed by atoms with van der Waals surface area (Å²) >= 11 is 0. The van der Waals surface area contributed by atoms with Crippen molar-refractivity contribution in [3.63, 3.8) is 0 Å². The third-order valence-electron chi connectivity index (χ3n) is 2.88. The first-order valence-electron chi connectivity index (χ1n) is 6.04. The van der Waals surface area contributed by atoms with Gasteiger partial charge in [0.1, 0.15) is 17.3 Å². The molecule has 0 fully saturated rings. The fourth-order valence-electron chi connectivity index (χ4n) is 1.83. The molecule has 0 unspecified atom stereocenters. The molecule has 0 aromatic heterocycles. The van der Waals surface area contributed by atoms with E-state index in [9.17, 15) is 4.39 Å². The van der Waals surface area contributed by atoms with Gasteiger partial charge in [0.05, 0.1) is 5.56 Å². The van der Waals surface area contributed by atoms with Crippen molar-refractivity contribution in [1.82, 2.24) is 0 Å². The lowest BCUT2D eigenvalue weighted by atomic mass is 10.1. The smallest absolute Gasteiger partial charge is 0.173 e. The number of oxime groups is 1. The van der Waals surface area contributed by atoms with E-state index in [-0.39, 0.29) is 11.7 Å². The lowest BCUT2D eigenvalue weighted by Gasteiger charge is -2.13. The summed E-state index contributed by atoms with van der Waals surface area (Å²) in [6.07, 6.45) is 0. The zero-order chi connectivity index (χ0) is 14.7. The Labute approximate surface area is 116 Å². The second-order valence-corrected chi connectivity index (χ2v) is 4.50. The lowest BCUT2D eigenvalue weighted by molar-refractivity contribution is 0.318. The summed E-state index contributed by atoms with van der Waals surface area (Å²) in [5.74, 6) is 0.606. The van der Waals surface area contributed by atoms with E-state index in [0.717, 1.165) is 5.56 Å². The summed E-state index contributed by atoms with van der Waals surface area (Å²) in [4.78, 5) is 0. The fourth-order valence-corrected chi connectivity index (χ4v) is 1.83. The van der Waals surface area contributed by atoms with Gasteiger partial charge in [0.15, 0.2) is 5.84 Å². The van der Waals surface area contributed by atoms with E-state index in [0.29, 0.717) is 22.6 Å².